The number of nitrogens with one attached hydrogen (secondary N) is 1. The minimum atomic E-state index is -0.267. The lowest BCUT2D eigenvalue weighted by Crippen LogP contribution is -2.32. The van der Waals surface area contributed by atoms with Crippen molar-refractivity contribution in [3.8, 4) is 28.6 Å². The molecule has 2 aromatic carbocycles. The SMILES string of the molecule is COc1ccc(-c2ccc(OCCNC(=O)COc3cc(C)ccc3Cl)nn2)cc1. The Labute approximate surface area is 179 Å². The van der Waals surface area contributed by atoms with Crippen LogP contribution in [0.1, 0.15) is 5.56 Å². The molecule has 0 aliphatic carbocycles. The zero-order chi connectivity index (χ0) is 21.3. The maximum absolute atomic E-state index is 11.9. The van der Waals surface area contributed by atoms with Crippen molar-refractivity contribution in [3.05, 3.63) is 65.2 Å². The van der Waals surface area contributed by atoms with Crippen LogP contribution in [0.5, 0.6) is 17.4 Å². The summed E-state index contributed by atoms with van der Waals surface area (Å²) < 4.78 is 16.1. The van der Waals surface area contributed by atoms with Gasteiger partial charge in [-0.2, -0.15) is 0 Å². The molecular formula is C22H22ClN3O4. The van der Waals surface area contributed by atoms with Crippen molar-refractivity contribution in [2.24, 2.45) is 0 Å². The fourth-order valence-corrected chi connectivity index (χ4v) is 2.75. The number of hydrogen-bond donors (Lipinski definition) is 1. The molecule has 0 spiro atoms. The molecule has 0 saturated carbocycles. The van der Waals surface area contributed by atoms with E-state index in [0.717, 1.165) is 22.6 Å². The molecule has 3 rings (SSSR count). The molecule has 0 atom stereocenters. The molecule has 0 aliphatic heterocycles. The molecule has 0 bridgehead atoms. The van der Waals surface area contributed by atoms with Gasteiger partial charge < -0.3 is 19.5 Å². The Balaban J connectivity index is 1.39. The lowest BCUT2D eigenvalue weighted by atomic mass is 10.1. The van der Waals surface area contributed by atoms with Crippen LogP contribution in [0.3, 0.4) is 0 Å². The first-order valence-electron chi connectivity index (χ1n) is 9.32. The Bertz CT molecular complexity index is 979. The third-order valence-corrected chi connectivity index (χ3v) is 4.46. The van der Waals surface area contributed by atoms with Crippen molar-refractivity contribution in [2.45, 2.75) is 6.92 Å². The van der Waals surface area contributed by atoms with Crippen LogP contribution in [0.4, 0.5) is 0 Å². The Kier molecular flexibility index (Phi) is 7.45. The Morgan fingerprint density at radius 1 is 1.03 bits per heavy atom. The van der Waals surface area contributed by atoms with E-state index >= 15 is 0 Å². The van der Waals surface area contributed by atoms with Gasteiger partial charge in [-0.1, -0.05) is 17.7 Å². The van der Waals surface area contributed by atoms with Gasteiger partial charge in [0, 0.05) is 11.6 Å². The maximum Gasteiger partial charge on any atom is 0.258 e. The second-order valence-electron chi connectivity index (χ2n) is 6.41. The van der Waals surface area contributed by atoms with Gasteiger partial charge in [-0.3, -0.25) is 4.79 Å². The summed E-state index contributed by atoms with van der Waals surface area (Å²) in [5.74, 6) is 1.37. The van der Waals surface area contributed by atoms with Crippen LogP contribution in [0, 0.1) is 6.92 Å². The Morgan fingerprint density at radius 3 is 2.53 bits per heavy atom. The minimum absolute atomic E-state index is 0.125. The lowest BCUT2D eigenvalue weighted by molar-refractivity contribution is -0.123. The van der Waals surface area contributed by atoms with Crippen LogP contribution in [0.2, 0.25) is 5.02 Å². The van der Waals surface area contributed by atoms with Gasteiger partial charge in [-0.15, -0.1) is 10.2 Å². The Morgan fingerprint density at radius 2 is 1.83 bits per heavy atom. The van der Waals surface area contributed by atoms with E-state index in [1.54, 1.807) is 25.3 Å². The highest BCUT2D eigenvalue weighted by molar-refractivity contribution is 6.32. The first-order valence-corrected chi connectivity index (χ1v) is 9.69. The summed E-state index contributed by atoms with van der Waals surface area (Å²) in [4.78, 5) is 11.9. The van der Waals surface area contributed by atoms with Gasteiger partial charge in [0.25, 0.3) is 5.91 Å². The smallest absolute Gasteiger partial charge is 0.258 e. The topological polar surface area (TPSA) is 82.6 Å². The molecule has 7 nitrogen and oxygen atoms in total. The molecule has 0 radical (unpaired) electrons. The van der Waals surface area contributed by atoms with Crippen molar-refractivity contribution in [1.29, 1.82) is 0 Å². The van der Waals surface area contributed by atoms with Gasteiger partial charge in [0.05, 0.1) is 24.4 Å². The van der Waals surface area contributed by atoms with Crippen molar-refractivity contribution in [3.63, 3.8) is 0 Å². The quantitative estimate of drug-likeness (QED) is 0.524. The number of ether oxygens (including phenoxy) is 3. The van der Waals surface area contributed by atoms with E-state index in [0.29, 0.717) is 23.2 Å². The number of aryl methyl sites for hydroxylation is 1. The van der Waals surface area contributed by atoms with E-state index in [1.807, 2.05) is 43.3 Å². The maximum atomic E-state index is 11.9. The van der Waals surface area contributed by atoms with Gasteiger partial charge in [-0.25, -0.2) is 0 Å². The molecule has 156 valence electrons. The number of hydrogen-bond acceptors (Lipinski definition) is 6. The fraction of sp³-hybridized carbons (Fsp3) is 0.227. The summed E-state index contributed by atoms with van der Waals surface area (Å²) in [6.45, 7) is 2.37. The summed E-state index contributed by atoms with van der Waals surface area (Å²) in [5, 5.41) is 11.4. The number of benzene rings is 2. The number of amides is 1. The third kappa shape index (κ3) is 6.09. The van der Waals surface area contributed by atoms with Crippen LogP contribution in [-0.4, -0.2) is 43.0 Å². The second kappa shape index (κ2) is 10.5. The van der Waals surface area contributed by atoms with Crippen LogP contribution >= 0.6 is 11.6 Å². The average molecular weight is 428 g/mol. The molecule has 1 heterocycles. The minimum Gasteiger partial charge on any atom is -0.497 e. The first kappa shape index (κ1) is 21.4. The normalized spacial score (nSPS) is 10.4. The molecule has 0 fully saturated rings. The second-order valence-corrected chi connectivity index (χ2v) is 6.81. The van der Waals surface area contributed by atoms with E-state index in [9.17, 15) is 4.79 Å². The summed E-state index contributed by atoms with van der Waals surface area (Å²) in [6, 6.07) is 16.5. The predicted octanol–water partition coefficient (Wildman–Crippen LogP) is 3.69. The fourth-order valence-electron chi connectivity index (χ4n) is 2.57. The highest BCUT2D eigenvalue weighted by Gasteiger charge is 2.07. The zero-order valence-corrected chi connectivity index (χ0v) is 17.5. The lowest BCUT2D eigenvalue weighted by Gasteiger charge is -2.10. The summed E-state index contributed by atoms with van der Waals surface area (Å²) >= 11 is 6.04. The number of halogens is 1. The molecule has 1 N–H and O–H groups in total. The van der Waals surface area contributed by atoms with Crippen LogP contribution in [0.25, 0.3) is 11.3 Å². The monoisotopic (exact) mass is 427 g/mol. The van der Waals surface area contributed by atoms with E-state index < -0.39 is 0 Å². The van der Waals surface area contributed by atoms with E-state index in [-0.39, 0.29) is 19.1 Å². The van der Waals surface area contributed by atoms with Crippen LogP contribution < -0.4 is 19.5 Å². The largest absolute Gasteiger partial charge is 0.497 e. The Hall–Kier alpha value is -3.32. The number of methoxy groups -OCH3 is 1. The highest BCUT2D eigenvalue weighted by Crippen LogP contribution is 2.25. The molecule has 30 heavy (non-hydrogen) atoms. The summed E-state index contributed by atoms with van der Waals surface area (Å²) in [6.07, 6.45) is 0. The number of rotatable bonds is 9. The molecule has 1 amide bonds. The van der Waals surface area contributed by atoms with Crippen molar-refractivity contribution in [1.82, 2.24) is 15.5 Å². The standard InChI is InChI=1S/C22H22ClN3O4/c1-15-3-8-18(23)20(13-15)30-14-21(27)24-11-12-29-22-10-9-19(25-26-22)16-4-6-17(28-2)7-5-16/h3-10,13H,11-12,14H2,1-2H3,(H,24,27). The van der Waals surface area contributed by atoms with Gasteiger partial charge in [0.1, 0.15) is 18.1 Å². The van der Waals surface area contributed by atoms with Crippen molar-refractivity contribution < 1.29 is 19.0 Å². The molecule has 3 aromatic rings. The zero-order valence-electron chi connectivity index (χ0n) is 16.7. The van der Waals surface area contributed by atoms with Crippen molar-refractivity contribution in [2.75, 3.05) is 26.9 Å². The average Bonchev–Trinajstić information content (AvgIpc) is 2.78. The van der Waals surface area contributed by atoms with Gasteiger partial charge in [0.15, 0.2) is 6.61 Å². The van der Waals surface area contributed by atoms with E-state index in [4.69, 9.17) is 25.8 Å². The molecule has 0 aliphatic rings. The van der Waals surface area contributed by atoms with Gasteiger partial charge in [-0.05, 0) is 55.0 Å². The molecule has 0 saturated heterocycles. The third-order valence-electron chi connectivity index (χ3n) is 4.15. The molecule has 1 aromatic heterocycles. The van der Waals surface area contributed by atoms with Gasteiger partial charge >= 0.3 is 0 Å². The number of nitrogens with zero attached hydrogens (tertiary/aromatic N) is 2. The first-order chi connectivity index (χ1) is 14.5. The number of aromatic nitrogens is 2. The van der Waals surface area contributed by atoms with Gasteiger partial charge in [0.2, 0.25) is 5.88 Å². The summed E-state index contributed by atoms with van der Waals surface area (Å²) in [5.41, 5.74) is 2.66. The number of carbonyl (C=O) groups excluding carboxylic acids is 1. The predicted molar refractivity (Wildman–Crippen MR) is 114 cm³/mol. The van der Waals surface area contributed by atoms with Crippen LogP contribution in [-0.2, 0) is 4.79 Å². The summed E-state index contributed by atoms with van der Waals surface area (Å²) in [7, 11) is 1.62. The highest BCUT2D eigenvalue weighted by atomic mass is 35.5. The van der Waals surface area contributed by atoms with Crippen LogP contribution in [0.15, 0.2) is 54.6 Å². The molecule has 0 unspecified atom stereocenters. The molecular weight excluding hydrogens is 406 g/mol. The van der Waals surface area contributed by atoms with E-state index in [2.05, 4.69) is 15.5 Å². The van der Waals surface area contributed by atoms with Crippen molar-refractivity contribution >= 4 is 17.5 Å². The number of carbonyl (C=O) groups is 1. The molecule has 8 heteroatoms. The van der Waals surface area contributed by atoms with E-state index in [1.165, 1.54) is 0 Å².